The highest BCUT2D eigenvalue weighted by Crippen LogP contribution is 2.49. The molecular weight excluding hydrogens is 1500 g/mol. The molecule has 5 aromatic carbocycles. The minimum Gasteiger partial charge on any atom is -0.339 e. The minimum absolute atomic E-state index is 0.0231. The van der Waals surface area contributed by atoms with Gasteiger partial charge in [0.1, 0.15) is 48.0 Å². The average molecular weight is 1540 g/mol. The van der Waals surface area contributed by atoms with Gasteiger partial charge in [-0.15, -0.1) is 20.5 Å². The van der Waals surface area contributed by atoms with E-state index in [9.17, 15) is 101 Å². The van der Waals surface area contributed by atoms with E-state index >= 15 is 0 Å². The summed E-state index contributed by atoms with van der Waals surface area (Å²) in [6.45, 7) is 1.33. The molecule has 34 nitrogen and oxygen atoms in total. The van der Waals surface area contributed by atoms with E-state index < -0.39 is 133 Å². The number of azo groups is 2. The van der Waals surface area contributed by atoms with Crippen molar-refractivity contribution in [3.8, 4) is 23.3 Å². The van der Waals surface area contributed by atoms with Gasteiger partial charge in [0.25, 0.3) is 70.8 Å². The summed E-state index contributed by atoms with van der Waals surface area (Å²) in [5.74, 6) is -1.78. The van der Waals surface area contributed by atoms with E-state index in [4.69, 9.17) is 23.2 Å². The Morgan fingerprint density at radius 1 is 0.505 bits per heavy atom. The van der Waals surface area contributed by atoms with Crippen LogP contribution >= 0.6 is 58.1 Å². The highest BCUT2D eigenvalue weighted by molar-refractivity contribution is 7.99. The minimum atomic E-state index is -5.50. The van der Waals surface area contributed by atoms with Crippen LogP contribution in [0.4, 0.5) is 56.0 Å². The molecule has 0 fully saturated rings. The monoisotopic (exact) mass is 1530 g/mol. The van der Waals surface area contributed by atoms with Gasteiger partial charge in [-0.05, 0) is 98.1 Å². The number of anilines is 6. The van der Waals surface area contributed by atoms with Gasteiger partial charge in [0.2, 0.25) is 5.95 Å². The van der Waals surface area contributed by atoms with E-state index in [0.29, 0.717) is 23.5 Å². The van der Waals surface area contributed by atoms with Crippen molar-refractivity contribution in [2.75, 3.05) is 39.0 Å². The topological polar surface area (TPSA) is 565 Å². The maximum atomic E-state index is 12.9. The summed E-state index contributed by atoms with van der Waals surface area (Å²) in [6.07, 6.45) is -0.0462. The molecule has 46 heteroatoms. The number of pyridine rings is 1. The summed E-state index contributed by atoms with van der Waals surface area (Å²) in [7, 11) is -34.8. The van der Waals surface area contributed by atoms with E-state index in [2.05, 4.69) is 56.3 Å². The standard InChI is InChI=1S/C49H39Cl2N13O21S10/c1-24-33(22-52)43(54-27-8-10-35(50)39(17-27)94(80,81)82)57-44(55-28-9-11-36(51)40(18-28)95(83,84)85)42(24)62-63-45-34(23-53)41(46(88-45)64-61-29-16-31-32(37(19-29)92(74,75)76)20-30(91(71,72)73)21-38(31)93(77,78)79)25-4-6-26(7-5-25)56-47-58-48(86-12-2-14-89(65,66)67)60-49(59-47)87-13-3-15-90(68,69)70/h4-11,16-21H,2-3,12-15H2,1H3,(H2,54,55,57)(H,65,66,67)(H,68,69,70)(H,71,72,73)(H,74,75,76)(H,77,78,79)(H,80,81,82)(H,83,84,85)(H,56,58,59,60). The van der Waals surface area contributed by atoms with Crippen LogP contribution < -0.4 is 16.0 Å². The van der Waals surface area contributed by atoms with Crippen LogP contribution in [0.15, 0.2) is 140 Å². The summed E-state index contributed by atoms with van der Waals surface area (Å²) in [4.78, 5) is 12.3. The highest BCUT2D eigenvalue weighted by Gasteiger charge is 2.28. The van der Waals surface area contributed by atoms with Gasteiger partial charge in [-0.3, -0.25) is 31.9 Å². The molecule has 0 aliphatic carbocycles. The molecule has 500 valence electrons. The van der Waals surface area contributed by atoms with Gasteiger partial charge in [-0.2, -0.15) is 84.4 Å². The number of fused-ring (bicyclic) bond motifs is 1. The fourth-order valence-electron chi connectivity index (χ4n) is 8.25. The number of benzene rings is 5. The largest absolute Gasteiger partial charge is 0.339 e. The fraction of sp³-hybridized carbons (Fsp3) is 0.143. The summed E-state index contributed by atoms with van der Waals surface area (Å²) in [5, 5.41) is 44.2. The first kappa shape index (κ1) is 73.3. The van der Waals surface area contributed by atoms with E-state index in [1.165, 1.54) is 43.3 Å². The van der Waals surface area contributed by atoms with Crippen molar-refractivity contribution in [2.45, 2.75) is 54.6 Å². The van der Waals surface area contributed by atoms with Gasteiger partial charge in [-0.25, -0.2) is 4.98 Å². The molecule has 0 atom stereocenters. The molecule has 0 spiro atoms. The zero-order chi connectivity index (χ0) is 70.0. The maximum Gasteiger partial charge on any atom is 0.296 e. The average Bonchev–Trinajstić information content (AvgIpc) is 1.09. The Hall–Kier alpha value is -7.55. The maximum absolute atomic E-state index is 12.9. The number of aromatic nitrogens is 4. The number of rotatable bonds is 26. The predicted molar refractivity (Wildman–Crippen MR) is 346 cm³/mol. The van der Waals surface area contributed by atoms with Gasteiger partial charge in [-0.1, -0.05) is 70.2 Å². The van der Waals surface area contributed by atoms with Gasteiger partial charge in [0.05, 0.1) is 37.7 Å². The number of thiophene rings is 1. The number of nitrogens with zero attached hydrogens (tertiary/aromatic N) is 10. The molecule has 0 saturated heterocycles. The lowest BCUT2D eigenvalue weighted by molar-refractivity contribution is 0.477. The molecular formula is C49H39Cl2N13O21S10. The van der Waals surface area contributed by atoms with Crippen molar-refractivity contribution in [1.82, 2.24) is 19.9 Å². The van der Waals surface area contributed by atoms with Crippen molar-refractivity contribution < 1.29 is 90.8 Å². The zero-order valence-corrected chi connectivity index (χ0v) is 56.7. The molecule has 8 rings (SSSR count). The lowest BCUT2D eigenvalue weighted by atomic mass is 10.0. The Morgan fingerprint density at radius 3 is 1.46 bits per heavy atom. The molecule has 3 heterocycles. The lowest BCUT2D eigenvalue weighted by Gasteiger charge is -2.16. The summed E-state index contributed by atoms with van der Waals surface area (Å²) >= 11 is 14.6. The number of hydrogen-bond acceptors (Lipinski definition) is 30. The van der Waals surface area contributed by atoms with Gasteiger partial charge in [0, 0.05) is 50.5 Å². The zero-order valence-electron chi connectivity index (χ0n) is 47.0. The Labute approximate surface area is 561 Å². The number of hydrogen-bond donors (Lipinski definition) is 10. The van der Waals surface area contributed by atoms with Crippen LogP contribution in [0.1, 0.15) is 29.5 Å². The third-order valence-electron chi connectivity index (χ3n) is 12.3. The first-order valence-corrected chi connectivity index (χ1v) is 39.3. The third-order valence-corrected chi connectivity index (χ3v) is 22.1. The number of nitrogens with one attached hydrogen (secondary N) is 3. The molecule has 95 heavy (non-hydrogen) atoms. The second-order valence-corrected chi connectivity index (χ2v) is 33.1. The van der Waals surface area contributed by atoms with Gasteiger partial charge in [0.15, 0.2) is 26.9 Å². The number of thioether (sulfide) groups is 2. The van der Waals surface area contributed by atoms with Crippen LogP contribution in [-0.2, 0) is 70.8 Å². The molecule has 3 aromatic heterocycles. The van der Waals surface area contributed by atoms with E-state index in [1.54, 1.807) is 0 Å². The Morgan fingerprint density at radius 2 is 0.979 bits per heavy atom. The van der Waals surface area contributed by atoms with Crippen LogP contribution in [-0.4, -0.2) is 134 Å². The van der Waals surface area contributed by atoms with Crippen LogP contribution in [0, 0.1) is 29.6 Å². The van der Waals surface area contributed by atoms with Crippen LogP contribution in [0.25, 0.3) is 21.9 Å². The summed E-state index contributed by atoms with van der Waals surface area (Å²) in [5.41, 5.74) is -1.73. The van der Waals surface area contributed by atoms with Gasteiger partial charge >= 0.3 is 0 Å². The van der Waals surface area contributed by atoms with Crippen molar-refractivity contribution in [1.29, 1.82) is 10.5 Å². The molecule has 10 N–H and O–H groups in total. The van der Waals surface area contributed by atoms with E-state index in [1.807, 2.05) is 12.1 Å². The van der Waals surface area contributed by atoms with Crippen molar-refractivity contribution in [2.24, 2.45) is 20.5 Å². The van der Waals surface area contributed by atoms with E-state index in [0.717, 1.165) is 53.9 Å². The molecule has 0 unspecified atom stereocenters. The highest BCUT2D eigenvalue weighted by atomic mass is 35.5. The van der Waals surface area contributed by atoms with Crippen LogP contribution in [0.5, 0.6) is 0 Å². The quantitative estimate of drug-likeness (QED) is 0.0104. The number of halogens is 2. The molecule has 0 saturated carbocycles. The van der Waals surface area contributed by atoms with Crippen molar-refractivity contribution in [3.63, 3.8) is 0 Å². The first-order chi connectivity index (χ1) is 44.1. The lowest BCUT2D eigenvalue weighted by Crippen LogP contribution is -2.07. The van der Waals surface area contributed by atoms with E-state index in [-0.39, 0.29) is 119 Å². The second kappa shape index (κ2) is 28.6. The Kier molecular flexibility index (Phi) is 22.1. The molecule has 0 aliphatic heterocycles. The van der Waals surface area contributed by atoms with Gasteiger partial charge < -0.3 is 16.0 Å². The second-order valence-electron chi connectivity index (χ2n) is 19.0. The van der Waals surface area contributed by atoms with Crippen molar-refractivity contribution >= 4 is 196 Å². The fourth-order valence-corrected chi connectivity index (χ4v) is 16.2. The normalized spacial score (nSPS) is 12.7. The SMILES string of the molecule is Cc1c(C#N)c(Nc2ccc(Cl)c(S(=O)(=O)O)c2)nc(Nc2ccc(Cl)c(S(=O)(=O)O)c2)c1N=Nc1sc(N=Nc2cc(S(=O)(=O)O)c3cc(S(=O)(=O)O)cc(S(=O)(=O)O)c3c2)c(-c2ccc(Nc3nc(SCCCS(=O)(=O)O)nc(SCCCS(=O)(=O)O)n3)cc2)c1C#N. The molecule has 0 radical (unpaired) electrons. The van der Waals surface area contributed by atoms with Crippen LogP contribution in [0.2, 0.25) is 10.0 Å². The predicted octanol–water partition coefficient (Wildman–Crippen LogP) is 10.5. The summed E-state index contributed by atoms with van der Waals surface area (Å²) in [6, 6.07) is 18.2. The van der Waals surface area contributed by atoms with Crippen molar-refractivity contribution in [3.05, 3.63) is 112 Å². The summed E-state index contributed by atoms with van der Waals surface area (Å²) < 4.78 is 239. The Balaban J connectivity index is 1.30. The van der Waals surface area contributed by atoms with Crippen LogP contribution in [0.3, 0.4) is 0 Å². The molecule has 0 amide bonds. The molecule has 0 bridgehead atoms. The number of nitriles is 2. The molecule has 0 aliphatic rings. The molecule has 8 aromatic rings. The Bertz CT molecular complexity index is 5410. The third kappa shape index (κ3) is 18.9. The first-order valence-electron chi connectivity index (χ1n) is 25.4. The smallest absolute Gasteiger partial charge is 0.296 e.